The third kappa shape index (κ3) is 3.96. The minimum absolute atomic E-state index is 0.0794. The van der Waals surface area contributed by atoms with Crippen LogP contribution in [0, 0.1) is 0 Å². The number of hydrogen-bond acceptors (Lipinski definition) is 6. The van der Waals surface area contributed by atoms with Crippen molar-refractivity contribution in [3.63, 3.8) is 0 Å². The highest BCUT2D eigenvalue weighted by Crippen LogP contribution is 2.43. The largest absolute Gasteiger partial charge is 0.457 e. The number of aromatic amines is 1. The van der Waals surface area contributed by atoms with Crippen LogP contribution in [-0.4, -0.2) is 50.4 Å². The van der Waals surface area contributed by atoms with E-state index in [1.807, 2.05) is 30.3 Å². The Bertz CT molecular complexity index is 1540. The molecule has 4 N–H and O–H groups in total. The first-order valence-electron chi connectivity index (χ1n) is 11.9. The van der Waals surface area contributed by atoms with Gasteiger partial charge in [0, 0.05) is 30.8 Å². The summed E-state index contributed by atoms with van der Waals surface area (Å²) in [4.78, 5) is 34.2. The van der Waals surface area contributed by atoms with Gasteiger partial charge in [0.15, 0.2) is 0 Å². The average Bonchev–Trinajstić information content (AvgIpc) is 3.51. The number of carbonyl (C=O) groups is 2. The summed E-state index contributed by atoms with van der Waals surface area (Å²) in [6, 6.07) is 14.5. The first-order valence-corrected chi connectivity index (χ1v) is 12.3. The molecule has 1 saturated heterocycles. The van der Waals surface area contributed by atoms with Crippen LogP contribution >= 0.6 is 11.6 Å². The Balaban J connectivity index is 1.35. The summed E-state index contributed by atoms with van der Waals surface area (Å²) in [5.74, 6) is 0.940. The van der Waals surface area contributed by atoms with Crippen LogP contribution in [0.5, 0.6) is 11.5 Å². The van der Waals surface area contributed by atoms with Gasteiger partial charge in [0.2, 0.25) is 5.91 Å². The Morgan fingerprint density at radius 3 is 2.73 bits per heavy atom. The Morgan fingerprint density at radius 1 is 1.19 bits per heavy atom. The number of nitrogens with zero attached hydrogens (tertiary/aromatic N) is 2. The quantitative estimate of drug-likeness (QED) is 0.317. The molecule has 2 amide bonds. The van der Waals surface area contributed by atoms with Crippen LogP contribution in [0.15, 0.2) is 60.9 Å². The minimum Gasteiger partial charge on any atom is -0.457 e. The van der Waals surface area contributed by atoms with Crippen LogP contribution in [0.3, 0.4) is 0 Å². The molecule has 2 unspecified atom stereocenters. The molecular weight excluding hydrogens is 494 g/mol. The van der Waals surface area contributed by atoms with Gasteiger partial charge in [-0.3, -0.25) is 9.59 Å². The summed E-state index contributed by atoms with van der Waals surface area (Å²) in [6.45, 7) is 2.24. The molecule has 0 saturated carbocycles. The number of pyridine rings is 1. The fourth-order valence-corrected chi connectivity index (χ4v) is 5.32. The van der Waals surface area contributed by atoms with Crippen molar-refractivity contribution in [3.8, 4) is 11.5 Å². The van der Waals surface area contributed by atoms with E-state index in [2.05, 4.69) is 20.6 Å². The van der Waals surface area contributed by atoms with Crippen LogP contribution < -0.4 is 15.4 Å². The van der Waals surface area contributed by atoms with Crippen molar-refractivity contribution < 1.29 is 19.4 Å². The molecule has 10 heteroatoms. The van der Waals surface area contributed by atoms with Crippen LogP contribution in [0.25, 0.3) is 11.0 Å². The van der Waals surface area contributed by atoms with E-state index in [4.69, 9.17) is 16.3 Å². The van der Waals surface area contributed by atoms with Crippen molar-refractivity contribution in [1.82, 2.24) is 14.9 Å². The monoisotopic (exact) mass is 517 g/mol. The van der Waals surface area contributed by atoms with Crippen LogP contribution in [-0.2, 0) is 9.59 Å². The summed E-state index contributed by atoms with van der Waals surface area (Å²) in [5.41, 5.74) is 1.80. The smallest absolute Gasteiger partial charge is 0.252 e. The van der Waals surface area contributed by atoms with Gasteiger partial charge < -0.3 is 30.4 Å². The summed E-state index contributed by atoms with van der Waals surface area (Å²) in [5, 5.41) is 18.8. The van der Waals surface area contributed by atoms with E-state index in [1.54, 1.807) is 35.5 Å². The Hall–Kier alpha value is -4.08. The molecule has 2 aromatic heterocycles. The van der Waals surface area contributed by atoms with Gasteiger partial charge in [0.1, 0.15) is 28.8 Å². The van der Waals surface area contributed by atoms with Crippen LogP contribution in [0.2, 0.25) is 5.02 Å². The number of amides is 2. The molecular formula is C27H24ClN5O4. The average molecular weight is 518 g/mol. The molecule has 188 valence electrons. The molecule has 2 atom stereocenters. The SMILES string of the molecule is CC(=O)N1CCC2(C1)Nc1c(cnc3[nH]cc(C(O)c4ccc(Oc5ccccc5)cc4Cl)c13)NC2=O. The number of benzene rings is 2. The number of hydrogen-bond donors (Lipinski definition) is 4. The second-order valence-electron chi connectivity index (χ2n) is 9.37. The molecule has 6 rings (SSSR count). The predicted molar refractivity (Wildman–Crippen MR) is 140 cm³/mol. The zero-order valence-electron chi connectivity index (χ0n) is 19.9. The van der Waals surface area contributed by atoms with Crippen LogP contribution in [0.1, 0.15) is 30.6 Å². The van der Waals surface area contributed by atoms with Gasteiger partial charge in [-0.1, -0.05) is 35.9 Å². The van der Waals surface area contributed by atoms with Crippen molar-refractivity contribution in [2.45, 2.75) is 25.0 Å². The number of likely N-dealkylation sites (tertiary alicyclic amines) is 1. The third-order valence-corrected chi connectivity index (χ3v) is 7.36. The number of fused-ring (bicyclic) bond motifs is 3. The highest BCUT2D eigenvalue weighted by atomic mass is 35.5. The van der Waals surface area contributed by atoms with Crippen LogP contribution in [0.4, 0.5) is 11.4 Å². The first-order chi connectivity index (χ1) is 17.8. The molecule has 37 heavy (non-hydrogen) atoms. The van der Waals surface area contributed by atoms with E-state index in [9.17, 15) is 14.7 Å². The third-order valence-electron chi connectivity index (χ3n) is 7.03. The van der Waals surface area contributed by atoms with E-state index in [-0.39, 0.29) is 18.4 Å². The topological polar surface area (TPSA) is 120 Å². The Morgan fingerprint density at radius 2 is 2.00 bits per heavy atom. The molecule has 2 aromatic carbocycles. The summed E-state index contributed by atoms with van der Waals surface area (Å²) < 4.78 is 5.86. The zero-order chi connectivity index (χ0) is 25.7. The summed E-state index contributed by atoms with van der Waals surface area (Å²) in [6.07, 6.45) is 2.66. The van der Waals surface area contributed by atoms with Gasteiger partial charge in [0.05, 0.1) is 34.5 Å². The number of nitrogens with one attached hydrogen (secondary N) is 3. The Kier molecular flexibility index (Phi) is 5.54. The van der Waals surface area contributed by atoms with E-state index in [0.717, 1.165) is 0 Å². The molecule has 4 aromatic rings. The van der Waals surface area contributed by atoms with Gasteiger partial charge >= 0.3 is 0 Å². The normalized spacial score (nSPS) is 19.4. The van der Waals surface area contributed by atoms with Gasteiger partial charge in [0.25, 0.3) is 5.91 Å². The number of rotatable bonds is 4. The van der Waals surface area contributed by atoms with E-state index in [0.29, 0.717) is 63.0 Å². The predicted octanol–water partition coefficient (Wildman–Crippen LogP) is 4.45. The maximum absolute atomic E-state index is 13.0. The van der Waals surface area contributed by atoms with Crippen molar-refractivity contribution >= 4 is 45.8 Å². The molecule has 2 aliphatic heterocycles. The van der Waals surface area contributed by atoms with Gasteiger partial charge in [-0.15, -0.1) is 0 Å². The number of para-hydroxylation sites is 1. The van der Waals surface area contributed by atoms with E-state index in [1.165, 1.54) is 6.92 Å². The van der Waals surface area contributed by atoms with Gasteiger partial charge in [-0.25, -0.2) is 4.98 Å². The summed E-state index contributed by atoms with van der Waals surface area (Å²) >= 11 is 6.59. The zero-order valence-corrected chi connectivity index (χ0v) is 20.7. The lowest BCUT2D eigenvalue weighted by atomic mass is 9.92. The fraction of sp³-hybridized carbons (Fsp3) is 0.222. The van der Waals surface area contributed by atoms with Crippen molar-refractivity contribution in [1.29, 1.82) is 0 Å². The molecule has 0 aliphatic carbocycles. The minimum atomic E-state index is -1.08. The highest BCUT2D eigenvalue weighted by molar-refractivity contribution is 6.31. The molecule has 2 aliphatic rings. The summed E-state index contributed by atoms with van der Waals surface area (Å²) in [7, 11) is 0. The first kappa shape index (κ1) is 23.3. The number of aliphatic hydroxyl groups is 1. The molecule has 4 heterocycles. The number of carbonyl (C=O) groups excluding carboxylic acids is 2. The van der Waals surface area contributed by atoms with Gasteiger partial charge in [-0.05, 0) is 30.7 Å². The lowest BCUT2D eigenvalue weighted by Gasteiger charge is -2.36. The second kappa shape index (κ2) is 8.79. The van der Waals surface area contributed by atoms with E-state index < -0.39 is 11.6 Å². The number of anilines is 2. The van der Waals surface area contributed by atoms with Gasteiger partial charge in [-0.2, -0.15) is 0 Å². The molecule has 1 fully saturated rings. The molecule has 0 bridgehead atoms. The maximum atomic E-state index is 13.0. The van der Waals surface area contributed by atoms with Crippen molar-refractivity contribution in [3.05, 3.63) is 77.1 Å². The molecule has 0 radical (unpaired) electrons. The lowest BCUT2D eigenvalue weighted by molar-refractivity contribution is -0.128. The lowest BCUT2D eigenvalue weighted by Crippen LogP contribution is -2.54. The number of ether oxygens (including phenoxy) is 1. The van der Waals surface area contributed by atoms with E-state index >= 15 is 0 Å². The second-order valence-corrected chi connectivity index (χ2v) is 9.77. The standard InChI is InChI=1S/C27H24ClN5O4/c1-15(34)33-10-9-27(14-33)26(36)31-21-13-30-25-22(23(21)32-27)19(12-29-25)24(35)18-8-7-17(11-20(18)28)37-16-5-3-2-4-6-16/h2-8,11-13,24,32,35H,9-10,14H2,1H3,(H,29,30)(H,31,36). The number of H-pyrrole nitrogens is 1. The van der Waals surface area contributed by atoms with Crippen molar-refractivity contribution in [2.24, 2.45) is 0 Å². The number of halogens is 1. The fourth-order valence-electron chi connectivity index (χ4n) is 5.05. The maximum Gasteiger partial charge on any atom is 0.252 e. The van der Waals surface area contributed by atoms with Crippen molar-refractivity contribution in [2.75, 3.05) is 23.7 Å². The molecule has 9 nitrogen and oxygen atoms in total. The Labute approximate surface area is 217 Å². The highest BCUT2D eigenvalue weighted by Gasteiger charge is 2.48. The number of aromatic nitrogens is 2. The molecule has 1 spiro atoms. The number of aliphatic hydroxyl groups excluding tert-OH is 1.